The molecule has 7 heteroatoms. The van der Waals surface area contributed by atoms with Crippen molar-refractivity contribution in [3.8, 4) is 10.8 Å². The first-order valence-electron chi connectivity index (χ1n) is 8.37. The summed E-state index contributed by atoms with van der Waals surface area (Å²) in [7, 11) is 0. The number of anilines is 1. The number of nitrogens with two attached hydrogens (primary N) is 1. The third kappa shape index (κ3) is 4.85. The summed E-state index contributed by atoms with van der Waals surface area (Å²) in [5, 5.41) is 6.10. The van der Waals surface area contributed by atoms with Crippen LogP contribution in [0.15, 0.2) is 51.4 Å². The number of para-hydroxylation sites is 1. The van der Waals surface area contributed by atoms with E-state index in [-0.39, 0.29) is 24.0 Å². The molecule has 0 bridgehead atoms. The fourth-order valence-electron chi connectivity index (χ4n) is 2.63. The van der Waals surface area contributed by atoms with Gasteiger partial charge in [-0.3, -0.25) is 0 Å². The number of halogens is 1. The van der Waals surface area contributed by atoms with Gasteiger partial charge in [0.2, 0.25) is 0 Å². The molecular formula is C19H23IN4OS. The van der Waals surface area contributed by atoms with E-state index in [0.717, 1.165) is 35.0 Å². The topological polar surface area (TPSA) is 76.4 Å². The highest BCUT2D eigenvalue weighted by molar-refractivity contribution is 14.0. The zero-order valence-corrected chi connectivity index (χ0v) is 18.0. The van der Waals surface area contributed by atoms with Gasteiger partial charge in [-0.2, -0.15) is 0 Å². The van der Waals surface area contributed by atoms with Gasteiger partial charge in [0, 0.05) is 11.1 Å². The average Bonchev–Trinajstić information content (AvgIpc) is 3.31. The maximum absolute atomic E-state index is 6.10. The normalized spacial score (nSPS) is 11.2. The van der Waals surface area contributed by atoms with E-state index in [4.69, 9.17) is 10.2 Å². The van der Waals surface area contributed by atoms with Crippen LogP contribution >= 0.6 is 35.3 Å². The minimum absolute atomic E-state index is 0. The van der Waals surface area contributed by atoms with Crippen molar-refractivity contribution in [1.82, 2.24) is 4.98 Å². The first-order valence-corrected chi connectivity index (χ1v) is 9.25. The van der Waals surface area contributed by atoms with Gasteiger partial charge in [0.05, 0.1) is 18.5 Å². The van der Waals surface area contributed by atoms with Gasteiger partial charge in [-0.15, -0.1) is 35.3 Å². The number of hydrogen-bond acceptors (Lipinski definition) is 4. The molecule has 0 unspecified atom stereocenters. The predicted octanol–water partition coefficient (Wildman–Crippen LogP) is 5.07. The number of nitrogens with zero attached hydrogens (tertiary/aromatic N) is 2. The molecule has 3 aromatic rings. The highest BCUT2D eigenvalue weighted by Gasteiger charge is 2.09. The Morgan fingerprint density at radius 3 is 2.54 bits per heavy atom. The lowest BCUT2D eigenvalue weighted by molar-refractivity contribution is 0.581. The van der Waals surface area contributed by atoms with E-state index >= 15 is 0 Å². The lowest BCUT2D eigenvalue weighted by Gasteiger charge is -2.14. The number of thiazole rings is 1. The van der Waals surface area contributed by atoms with Gasteiger partial charge in [0.15, 0.2) is 16.7 Å². The van der Waals surface area contributed by atoms with Crippen molar-refractivity contribution in [2.75, 3.05) is 5.32 Å². The van der Waals surface area contributed by atoms with Crippen LogP contribution in [0, 0.1) is 0 Å². The van der Waals surface area contributed by atoms with Gasteiger partial charge in [0.1, 0.15) is 0 Å². The van der Waals surface area contributed by atoms with Crippen molar-refractivity contribution in [2.45, 2.75) is 33.2 Å². The number of hydrogen-bond donors (Lipinski definition) is 2. The van der Waals surface area contributed by atoms with Crippen LogP contribution in [-0.2, 0) is 19.4 Å². The van der Waals surface area contributed by atoms with Crippen LogP contribution in [0.4, 0.5) is 5.69 Å². The summed E-state index contributed by atoms with van der Waals surface area (Å²) in [5.74, 6) is 1.18. The standard InChI is InChI=1S/C19H22N4OS.HI/c1-3-13-7-5-8-14(4-2)17(13)23-19(20)21-11-15-12-25-18(22-15)16-9-6-10-24-16;/h5-10,12H,3-4,11H2,1-2H3,(H3,20,21,23);1H. The Morgan fingerprint density at radius 1 is 1.19 bits per heavy atom. The zero-order valence-electron chi connectivity index (χ0n) is 14.9. The van der Waals surface area contributed by atoms with Crippen molar-refractivity contribution in [1.29, 1.82) is 0 Å². The Bertz CT molecular complexity index is 836. The molecule has 0 aliphatic heterocycles. The number of nitrogens with one attached hydrogen (secondary N) is 1. The molecule has 3 N–H and O–H groups in total. The van der Waals surface area contributed by atoms with Crippen molar-refractivity contribution < 1.29 is 4.42 Å². The van der Waals surface area contributed by atoms with Crippen molar-refractivity contribution in [3.63, 3.8) is 0 Å². The number of guanidine groups is 1. The third-order valence-corrected chi connectivity index (χ3v) is 4.85. The molecular weight excluding hydrogens is 459 g/mol. The molecule has 5 nitrogen and oxygen atoms in total. The Hall–Kier alpha value is -1.87. The molecule has 2 heterocycles. The molecule has 26 heavy (non-hydrogen) atoms. The van der Waals surface area contributed by atoms with Gasteiger partial charge in [-0.25, -0.2) is 9.98 Å². The lowest BCUT2D eigenvalue weighted by Crippen LogP contribution is -2.24. The van der Waals surface area contributed by atoms with Crippen LogP contribution in [0.1, 0.15) is 30.7 Å². The average molecular weight is 482 g/mol. The molecule has 0 saturated carbocycles. The second-order valence-corrected chi connectivity index (χ2v) is 6.46. The molecule has 2 aromatic heterocycles. The van der Waals surface area contributed by atoms with E-state index in [1.54, 1.807) is 6.26 Å². The van der Waals surface area contributed by atoms with Crippen LogP contribution in [0.5, 0.6) is 0 Å². The van der Waals surface area contributed by atoms with E-state index in [2.05, 4.69) is 47.3 Å². The molecule has 138 valence electrons. The summed E-state index contributed by atoms with van der Waals surface area (Å²) in [5.41, 5.74) is 10.5. The van der Waals surface area contributed by atoms with Crippen LogP contribution in [-0.4, -0.2) is 10.9 Å². The molecule has 0 radical (unpaired) electrons. The first-order chi connectivity index (χ1) is 12.2. The smallest absolute Gasteiger partial charge is 0.193 e. The summed E-state index contributed by atoms with van der Waals surface area (Å²) < 4.78 is 5.36. The molecule has 0 spiro atoms. The second kappa shape index (κ2) is 9.72. The molecule has 0 aliphatic carbocycles. The highest BCUT2D eigenvalue weighted by Crippen LogP contribution is 2.24. The molecule has 1 aromatic carbocycles. The quantitative estimate of drug-likeness (QED) is 0.292. The highest BCUT2D eigenvalue weighted by atomic mass is 127. The van der Waals surface area contributed by atoms with E-state index < -0.39 is 0 Å². The number of aliphatic imine (C=N–C) groups is 1. The largest absolute Gasteiger partial charge is 0.462 e. The van der Waals surface area contributed by atoms with Gasteiger partial charge in [0.25, 0.3) is 0 Å². The number of benzene rings is 1. The molecule has 0 fully saturated rings. The van der Waals surface area contributed by atoms with E-state index in [1.807, 2.05) is 17.5 Å². The predicted molar refractivity (Wildman–Crippen MR) is 119 cm³/mol. The second-order valence-electron chi connectivity index (χ2n) is 5.61. The number of furan rings is 1. The fraction of sp³-hybridized carbons (Fsp3) is 0.263. The number of aryl methyl sites for hydroxylation is 2. The first kappa shape index (κ1) is 20.4. The molecule has 3 rings (SSSR count). The van der Waals surface area contributed by atoms with Gasteiger partial charge in [-0.05, 0) is 36.1 Å². The number of aromatic nitrogens is 1. The monoisotopic (exact) mass is 482 g/mol. The Kier molecular flexibility index (Phi) is 7.65. The van der Waals surface area contributed by atoms with Crippen LogP contribution in [0.3, 0.4) is 0 Å². The minimum atomic E-state index is 0. The molecule has 0 amide bonds. The fourth-order valence-corrected chi connectivity index (χ4v) is 3.41. The Balaban J connectivity index is 0.00000243. The lowest BCUT2D eigenvalue weighted by atomic mass is 10.0. The van der Waals surface area contributed by atoms with Gasteiger partial charge in [-0.1, -0.05) is 32.0 Å². The third-order valence-electron chi connectivity index (χ3n) is 3.95. The van der Waals surface area contributed by atoms with Gasteiger partial charge >= 0.3 is 0 Å². The zero-order chi connectivity index (χ0) is 17.6. The Labute approximate surface area is 174 Å². The molecule has 0 aliphatic rings. The molecule has 0 atom stereocenters. The van der Waals surface area contributed by atoms with Crippen LogP contribution in [0.25, 0.3) is 10.8 Å². The maximum atomic E-state index is 6.10. The Morgan fingerprint density at radius 2 is 1.92 bits per heavy atom. The summed E-state index contributed by atoms with van der Waals surface area (Å²) in [6.45, 7) is 4.71. The van der Waals surface area contributed by atoms with Crippen LogP contribution in [0.2, 0.25) is 0 Å². The summed E-state index contributed by atoms with van der Waals surface area (Å²) >= 11 is 1.54. The van der Waals surface area contributed by atoms with E-state index in [9.17, 15) is 0 Å². The van der Waals surface area contributed by atoms with E-state index in [1.165, 1.54) is 22.5 Å². The van der Waals surface area contributed by atoms with Crippen molar-refractivity contribution in [2.24, 2.45) is 10.7 Å². The van der Waals surface area contributed by atoms with Crippen molar-refractivity contribution >= 4 is 47.0 Å². The van der Waals surface area contributed by atoms with Crippen molar-refractivity contribution in [3.05, 3.63) is 58.8 Å². The SMILES string of the molecule is CCc1cccc(CC)c1NC(N)=NCc1csc(-c2ccco2)n1.I. The number of rotatable bonds is 6. The molecule has 0 saturated heterocycles. The maximum Gasteiger partial charge on any atom is 0.193 e. The van der Waals surface area contributed by atoms with Gasteiger partial charge < -0.3 is 15.5 Å². The van der Waals surface area contributed by atoms with Crippen LogP contribution < -0.4 is 11.1 Å². The summed E-state index contributed by atoms with van der Waals surface area (Å²) in [6.07, 6.45) is 3.54. The van der Waals surface area contributed by atoms with E-state index in [0.29, 0.717) is 12.5 Å². The minimum Gasteiger partial charge on any atom is -0.462 e. The summed E-state index contributed by atoms with van der Waals surface area (Å²) in [6, 6.07) is 10.1. The summed E-state index contributed by atoms with van der Waals surface area (Å²) in [4.78, 5) is 8.97.